The Morgan fingerprint density at radius 2 is 1.20 bits per heavy atom. The Hall–Kier alpha value is -2.44. The average Bonchev–Trinajstić information content (AvgIpc) is 2.64. The van der Waals surface area contributed by atoms with Gasteiger partial charge in [-0.3, -0.25) is 9.59 Å². The maximum absolute atomic E-state index is 11.2. The second-order valence-electron chi connectivity index (χ2n) is 9.38. The van der Waals surface area contributed by atoms with Crippen LogP contribution in [-0.4, -0.2) is 37.5 Å². The summed E-state index contributed by atoms with van der Waals surface area (Å²) >= 11 is 0. The Labute approximate surface area is 178 Å². The van der Waals surface area contributed by atoms with E-state index in [9.17, 15) is 35.1 Å². The number of rotatable bonds is 13. The number of carbonyl (C=O) groups is 2. The molecule has 0 radical (unpaired) electrons. The molecule has 30 heavy (non-hydrogen) atoms. The van der Waals surface area contributed by atoms with Gasteiger partial charge in [-0.05, 0) is 77.8 Å². The number of benzene rings is 1. The number of phenolic OH excluding ortho intramolecular Hbond substituents is 3. The number of aryl methyl sites for hydroxylation is 1. The van der Waals surface area contributed by atoms with Crippen molar-refractivity contribution in [2.24, 2.45) is 10.8 Å². The first-order valence-electron chi connectivity index (χ1n) is 10.5. The van der Waals surface area contributed by atoms with E-state index in [1.54, 1.807) is 27.7 Å². The fraction of sp³-hybridized carbons (Fsp3) is 0.652. The van der Waals surface area contributed by atoms with E-state index >= 15 is 0 Å². The summed E-state index contributed by atoms with van der Waals surface area (Å²) in [6.07, 6.45) is 5.75. The third-order valence-electron chi connectivity index (χ3n) is 5.84. The van der Waals surface area contributed by atoms with E-state index in [0.29, 0.717) is 50.5 Å². The topological polar surface area (TPSA) is 135 Å². The smallest absolute Gasteiger partial charge is 0.309 e. The van der Waals surface area contributed by atoms with E-state index < -0.39 is 28.5 Å². The SMILES string of the molecule is CC(C)(CCCCCc1c(CCCCC(C)(C)C(=O)O)cc(O)c(O)c1O)C(=O)O. The zero-order valence-electron chi connectivity index (χ0n) is 18.5. The molecule has 0 aliphatic rings. The van der Waals surface area contributed by atoms with Gasteiger partial charge in [-0.1, -0.05) is 19.3 Å². The number of carboxylic acid groups (broad SMARTS) is 2. The van der Waals surface area contributed by atoms with Crippen LogP contribution in [-0.2, 0) is 22.4 Å². The van der Waals surface area contributed by atoms with Crippen molar-refractivity contribution in [3.8, 4) is 17.2 Å². The van der Waals surface area contributed by atoms with Gasteiger partial charge in [0.1, 0.15) is 0 Å². The Morgan fingerprint density at radius 1 is 0.733 bits per heavy atom. The van der Waals surface area contributed by atoms with Crippen LogP contribution in [0.1, 0.15) is 83.8 Å². The molecule has 0 bridgehead atoms. The zero-order valence-corrected chi connectivity index (χ0v) is 18.5. The third kappa shape index (κ3) is 7.11. The number of aliphatic carboxylic acids is 2. The third-order valence-corrected chi connectivity index (χ3v) is 5.84. The average molecular weight is 425 g/mol. The predicted molar refractivity (Wildman–Crippen MR) is 114 cm³/mol. The van der Waals surface area contributed by atoms with E-state index in [-0.39, 0.29) is 11.5 Å². The van der Waals surface area contributed by atoms with Crippen molar-refractivity contribution in [3.63, 3.8) is 0 Å². The first-order chi connectivity index (χ1) is 13.8. The summed E-state index contributed by atoms with van der Waals surface area (Å²) in [5.74, 6) is -2.89. The minimum absolute atomic E-state index is 0.318. The van der Waals surface area contributed by atoms with Crippen LogP contribution in [0, 0.1) is 10.8 Å². The van der Waals surface area contributed by atoms with Crippen LogP contribution in [0.2, 0.25) is 0 Å². The molecule has 0 spiro atoms. The molecule has 0 fully saturated rings. The molecule has 0 amide bonds. The molecular weight excluding hydrogens is 388 g/mol. The number of aromatic hydroxyl groups is 3. The molecule has 7 nitrogen and oxygen atoms in total. The molecular formula is C23H36O7. The molecule has 1 rings (SSSR count). The highest BCUT2D eigenvalue weighted by atomic mass is 16.4. The molecule has 0 heterocycles. The summed E-state index contributed by atoms with van der Waals surface area (Å²) in [6, 6.07) is 1.46. The molecule has 0 saturated carbocycles. The molecule has 170 valence electrons. The quantitative estimate of drug-likeness (QED) is 0.226. The van der Waals surface area contributed by atoms with E-state index in [2.05, 4.69) is 0 Å². The maximum Gasteiger partial charge on any atom is 0.309 e. The molecule has 0 aromatic heterocycles. The highest BCUT2D eigenvalue weighted by molar-refractivity contribution is 5.73. The Kier molecular flexibility index (Phi) is 9.00. The molecule has 0 aliphatic carbocycles. The molecule has 1 aromatic rings. The summed E-state index contributed by atoms with van der Waals surface area (Å²) in [7, 11) is 0. The van der Waals surface area contributed by atoms with Crippen LogP contribution in [0.4, 0.5) is 0 Å². The van der Waals surface area contributed by atoms with Crippen LogP contribution in [0.25, 0.3) is 0 Å². The fourth-order valence-electron chi connectivity index (χ4n) is 3.38. The highest BCUT2D eigenvalue weighted by Crippen LogP contribution is 2.41. The molecule has 0 aliphatic heterocycles. The van der Waals surface area contributed by atoms with Crippen LogP contribution in [0.15, 0.2) is 6.07 Å². The Bertz CT molecular complexity index is 750. The zero-order chi connectivity index (χ0) is 23.1. The molecule has 0 saturated heterocycles. The number of hydrogen-bond acceptors (Lipinski definition) is 5. The van der Waals surface area contributed by atoms with Crippen molar-refractivity contribution in [3.05, 3.63) is 17.2 Å². The fourth-order valence-corrected chi connectivity index (χ4v) is 3.38. The van der Waals surface area contributed by atoms with Gasteiger partial charge in [0.15, 0.2) is 11.5 Å². The van der Waals surface area contributed by atoms with Gasteiger partial charge in [0, 0.05) is 5.56 Å². The maximum atomic E-state index is 11.2. The van der Waals surface area contributed by atoms with E-state index in [0.717, 1.165) is 18.4 Å². The van der Waals surface area contributed by atoms with Crippen LogP contribution < -0.4 is 0 Å². The van der Waals surface area contributed by atoms with E-state index in [4.69, 9.17) is 0 Å². The normalized spacial score (nSPS) is 12.1. The van der Waals surface area contributed by atoms with Crippen LogP contribution in [0.3, 0.4) is 0 Å². The predicted octanol–water partition coefficient (Wildman–Crippen LogP) is 4.84. The van der Waals surface area contributed by atoms with Gasteiger partial charge in [-0.15, -0.1) is 0 Å². The van der Waals surface area contributed by atoms with Gasteiger partial charge < -0.3 is 25.5 Å². The first kappa shape index (κ1) is 25.6. The number of unbranched alkanes of at least 4 members (excludes halogenated alkanes) is 3. The lowest BCUT2D eigenvalue weighted by Crippen LogP contribution is -2.23. The van der Waals surface area contributed by atoms with Gasteiger partial charge in [-0.25, -0.2) is 0 Å². The molecule has 7 heteroatoms. The van der Waals surface area contributed by atoms with E-state index in [1.807, 2.05) is 0 Å². The molecule has 0 unspecified atom stereocenters. The standard InChI is InChI=1S/C23H36O7/c1-22(2,20(27)28)12-8-5-6-11-16-15(14-17(24)19(26)18(16)25)10-7-9-13-23(3,4)21(29)30/h14,24-26H,5-13H2,1-4H3,(H,27,28)(H,29,30). The monoisotopic (exact) mass is 424 g/mol. The summed E-state index contributed by atoms with van der Waals surface area (Å²) in [6.45, 7) is 6.76. The van der Waals surface area contributed by atoms with Crippen molar-refractivity contribution in [2.45, 2.75) is 85.5 Å². The van der Waals surface area contributed by atoms with Crippen LogP contribution >= 0.6 is 0 Å². The Balaban J connectivity index is 2.70. The molecule has 5 N–H and O–H groups in total. The van der Waals surface area contributed by atoms with Gasteiger partial charge in [0.2, 0.25) is 5.75 Å². The van der Waals surface area contributed by atoms with Crippen molar-refractivity contribution >= 4 is 11.9 Å². The lowest BCUT2D eigenvalue weighted by molar-refractivity contribution is -0.148. The first-order valence-corrected chi connectivity index (χ1v) is 10.5. The minimum atomic E-state index is -0.839. The summed E-state index contributed by atoms with van der Waals surface area (Å²) in [5, 5.41) is 48.4. The van der Waals surface area contributed by atoms with Gasteiger partial charge in [0.05, 0.1) is 10.8 Å². The van der Waals surface area contributed by atoms with Crippen molar-refractivity contribution < 1.29 is 35.1 Å². The lowest BCUT2D eigenvalue weighted by atomic mass is 9.86. The van der Waals surface area contributed by atoms with Gasteiger partial charge in [0.25, 0.3) is 0 Å². The van der Waals surface area contributed by atoms with Gasteiger partial charge >= 0.3 is 11.9 Å². The van der Waals surface area contributed by atoms with Crippen molar-refractivity contribution in [1.82, 2.24) is 0 Å². The summed E-state index contributed by atoms with van der Waals surface area (Å²) in [4.78, 5) is 22.4. The van der Waals surface area contributed by atoms with Gasteiger partial charge in [-0.2, -0.15) is 0 Å². The van der Waals surface area contributed by atoms with Crippen LogP contribution in [0.5, 0.6) is 17.2 Å². The van der Waals surface area contributed by atoms with E-state index in [1.165, 1.54) is 6.07 Å². The summed E-state index contributed by atoms with van der Waals surface area (Å²) < 4.78 is 0. The van der Waals surface area contributed by atoms with Crippen molar-refractivity contribution in [2.75, 3.05) is 0 Å². The molecule has 0 atom stereocenters. The number of carboxylic acids is 2. The minimum Gasteiger partial charge on any atom is -0.504 e. The second-order valence-corrected chi connectivity index (χ2v) is 9.38. The largest absolute Gasteiger partial charge is 0.504 e. The number of phenols is 3. The van der Waals surface area contributed by atoms with Crippen molar-refractivity contribution in [1.29, 1.82) is 0 Å². The highest BCUT2D eigenvalue weighted by Gasteiger charge is 2.27. The molecule has 1 aromatic carbocycles. The second kappa shape index (κ2) is 10.5. The number of hydrogen-bond donors (Lipinski definition) is 5. The summed E-state index contributed by atoms with van der Waals surface area (Å²) in [5.41, 5.74) is -0.248. The lowest BCUT2D eigenvalue weighted by Gasteiger charge is -2.19. The Morgan fingerprint density at radius 3 is 1.70 bits per heavy atom.